The van der Waals surface area contributed by atoms with Crippen molar-refractivity contribution in [2.24, 2.45) is 5.92 Å². The van der Waals surface area contributed by atoms with Crippen molar-refractivity contribution in [2.45, 2.75) is 44.9 Å². The first kappa shape index (κ1) is 15.5. The van der Waals surface area contributed by atoms with Gasteiger partial charge in [0.1, 0.15) is 0 Å². The highest BCUT2D eigenvalue weighted by molar-refractivity contribution is 5.19. The van der Waals surface area contributed by atoms with Crippen LogP contribution in [-0.4, -0.2) is 42.4 Å². The van der Waals surface area contributed by atoms with Crippen LogP contribution < -0.4 is 0 Å². The lowest BCUT2D eigenvalue weighted by molar-refractivity contribution is -0.0449. The second kappa shape index (κ2) is 7.21. The summed E-state index contributed by atoms with van der Waals surface area (Å²) >= 11 is 0. The molecule has 1 aromatic carbocycles. The smallest absolute Gasteiger partial charge is 0.0945 e. The van der Waals surface area contributed by atoms with E-state index in [0.717, 1.165) is 31.5 Å². The fourth-order valence-corrected chi connectivity index (χ4v) is 3.22. The molecule has 0 saturated carbocycles. The zero-order valence-corrected chi connectivity index (χ0v) is 12.8. The van der Waals surface area contributed by atoms with Gasteiger partial charge in [0.15, 0.2) is 0 Å². The maximum absolute atomic E-state index is 10.7. The van der Waals surface area contributed by atoms with E-state index < -0.39 is 6.10 Å². The number of rotatable bonds is 5. The molecule has 112 valence electrons. The number of piperidine rings is 1. The van der Waals surface area contributed by atoms with Crippen molar-refractivity contribution >= 4 is 0 Å². The SMILES string of the molecule is CCC(C(O)c1ccccc1)N1CCC(C)C(OC)C1. The number of aliphatic hydroxyl groups is 1. The molecule has 0 amide bonds. The molecule has 1 aromatic rings. The molecule has 1 aliphatic rings. The first-order valence-corrected chi connectivity index (χ1v) is 7.67. The van der Waals surface area contributed by atoms with Crippen LogP contribution in [0.25, 0.3) is 0 Å². The van der Waals surface area contributed by atoms with Crippen LogP contribution in [0.15, 0.2) is 30.3 Å². The second-order valence-electron chi connectivity index (χ2n) is 5.87. The number of likely N-dealkylation sites (tertiary alicyclic amines) is 1. The van der Waals surface area contributed by atoms with Gasteiger partial charge in [0.2, 0.25) is 0 Å². The number of ether oxygens (including phenoxy) is 1. The maximum atomic E-state index is 10.7. The third-order valence-electron chi connectivity index (χ3n) is 4.62. The highest BCUT2D eigenvalue weighted by Crippen LogP contribution is 2.28. The van der Waals surface area contributed by atoms with Gasteiger partial charge in [-0.05, 0) is 30.9 Å². The second-order valence-corrected chi connectivity index (χ2v) is 5.87. The zero-order valence-electron chi connectivity index (χ0n) is 12.8. The fraction of sp³-hybridized carbons (Fsp3) is 0.647. The third kappa shape index (κ3) is 3.40. The third-order valence-corrected chi connectivity index (χ3v) is 4.62. The number of hydrogen-bond donors (Lipinski definition) is 1. The number of nitrogens with zero attached hydrogens (tertiary/aromatic N) is 1. The molecule has 1 heterocycles. The fourth-order valence-electron chi connectivity index (χ4n) is 3.22. The minimum atomic E-state index is -0.424. The molecule has 2 rings (SSSR count). The van der Waals surface area contributed by atoms with Gasteiger partial charge in [0, 0.05) is 19.7 Å². The van der Waals surface area contributed by atoms with Gasteiger partial charge < -0.3 is 9.84 Å². The van der Waals surface area contributed by atoms with Crippen LogP contribution in [0.4, 0.5) is 0 Å². The molecule has 1 saturated heterocycles. The van der Waals surface area contributed by atoms with Gasteiger partial charge in [-0.3, -0.25) is 4.90 Å². The van der Waals surface area contributed by atoms with Crippen molar-refractivity contribution < 1.29 is 9.84 Å². The lowest BCUT2D eigenvalue weighted by atomic mass is 9.91. The first-order chi connectivity index (χ1) is 9.67. The van der Waals surface area contributed by atoms with Crippen LogP contribution in [0.5, 0.6) is 0 Å². The molecule has 3 nitrogen and oxygen atoms in total. The van der Waals surface area contributed by atoms with Crippen molar-refractivity contribution in [3.63, 3.8) is 0 Å². The van der Waals surface area contributed by atoms with Crippen molar-refractivity contribution in [1.29, 1.82) is 0 Å². The number of methoxy groups -OCH3 is 1. The number of benzene rings is 1. The summed E-state index contributed by atoms with van der Waals surface area (Å²) in [5.74, 6) is 0.600. The van der Waals surface area contributed by atoms with Gasteiger partial charge in [-0.2, -0.15) is 0 Å². The maximum Gasteiger partial charge on any atom is 0.0945 e. The Balaban J connectivity index is 2.08. The largest absolute Gasteiger partial charge is 0.387 e. The quantitative estimate of drug-likeness (QED) is 0.898. The normalized spacial score (nSPS) is 27.2. The predicted octanol–water partition coefficient (Wildman–Crippen LogP) is 2.86. The predicted molar refractivity (Wildman–Crippen MR) is 81.6 cm³/mol. The van der Waals surface area contributed by atoms with Gasteiger partial charge in [-0.1, -0.05) is 44.2 Å². The lowest BCUT2D eigenvalue weighted by Gasteiger charge is -2.42. The van der Waals surface area contributed by atoms with Crippen LogP contribution in [0.2, 0.25) is 0 Å². The molecule has 0 aromatic heterocycles. The summed E-state index contributed by atoms with van der Waals surface area (Å²) < 4.78 is 5.59. The Kier molecular flexibility index (Phi) is 5.58. The molecule has 4 unspecified atom stereocenters. The van der Waals surface area contributed by atoms with Gasteiger partial charge in [-0.15, -0.1) is 0 Å². The molecule has 4 atom stereocenters. The molecule has 3 heteroatoms. The minimum Gasteiger partial charge on any atom is -0.387 e. The summed E-state index contributed by atoms with van der Waals surface area (Å²) in [7, 11) is 1.79. The number of hydrogen-bond acceptors (Lipinski definition) is 3. The van der Waals surface area contributed by atoms with Gasteiger partial charge in [0.25, 0.3) is 0 Å². The molecular weight excluding hydrogens is 250 g/mol. The van der Waals surface area contributed by atoms with Crippen LogP contribution in [-0.2, 0) is 4.74 Å². The van der Waals surface area contributed by atoms with Crippen LogP contribution in [0.1, 0.15) is 38.4 Å². The molecule has 1 fully saturated rings. The zero-order chi connectivity index (χ0) is 14.5. The molecule has 0 spiro atoms. The van der Waals surface area contributed by atoms with Crippen molar-refractivity contribution in [1.82, 2.24) is 4.90 Å². The van der Waals surface area contributed by atoms with E-state index in [1.165, 1.54) is 0 Å². The Morgan fingerprint density at radius 2 is 2.05 bits per heavy atom. The minimum absolute atomic E-state index is 0.169. The monoisotopic (exact) mass is 277 g/mol. The van der Waals surface area contributed by atoms with E-state index in [1.807, 2.05) is 30.3 Å². The summed E-state index contributed by atoms with van der Waals surface area (Å²) in [6.07, 6.45) is 1.94. The Hall–Kier alpha value is -0.900. The van der Waals surface area contributed by atoms with E-state index in [-0.39, 0.29) is 12.1 Å². The summed E-state index contributed by atoms with van der Waals surface area (Å²) in [4.78, 5) is 2.39. The molecule has 1 N–H and O–H groups in total. The first-order valence-electron chi connectivity index (χ1n) is 7.67. The summed E-state index contributed by atoms with van der Waals surface area (Å²) in [5, 5.41) is 10.7. The Bertz CT molecular complexity index is 395. The molecular formula is C17H27NO2. The van der Waals surface area contributed by atoms with Crippen molar-refractivity contribution in [3.8, 4) is 0 Å². The van der Waals surface area contributed by atoms with E-state index in [9.17, 15) is 5.11 Å². The Morgan fingerprint density at radius 3 is 2.65 bits per heavy atom. The molecule has 20 heavy (non-hydrogen) atoms. The van der Waals surface area contributed by atoms with Crippen LogP contribution >= 0.6 is 0 Å². The van der Waals surface area contributed by atoms with E-state index in [4.69, 9.17) is 4.74 Å². The van der Waals surface area contributed by atoms with Gasteiger partial charge >= 0.3 is 0 Å². The van der Waals surface area contributed by atoms with E-state index in [0.29, 0.717) is 5.92 Å². The Morgan fingerprint density at radius 1 is 1.35 bits per heavy atom. The standard InChI is InChI=1S/C17H27NO2/c1-4-15(17(19)14-8-6-5-7-9-14)18-11-10-13(2)16(12-18)20-3/h5-9,13,15-17,19H,4,10-12H2,1-3H3. The van der Waals surface area contributed by atoms with E-state index in [1.54, 1.807) is 7.11 Å². The van der Waals surface area contributed by atoms with Gasteiger partial charge in [0.05, 0.1) is 12.2 Å². The summed E-state index contributed by atoms with van der Waals surface area (Å²) in [6.45, 7) is 6.36. The van der Waals surface area contributed by atoms with Crippen LogP contribution in [0.3, 0.4) is 0 Å². The highest BCUT2D eigenvalue weighted by atomic mass is 16.5. The van der Waals surface area contributed by atoms with Crippen molar-refractivity contribution in [3.05, 3.63) is 35.9 Å². The number of aliphatic hydroxyl groups excluding tert-OH is 1. The molecule has 1 aliphatic heterocycles. The summed E-state index contributed by atoms with van der Waals surface area (Å²) in [6, 6.07) is 10.1. The highest BCUT2D eigenvalue weighted by Gasteiger charge is 2.33. The summed E-state index contributed by atoms with van der Waals surface area (Å²) in [5.41, 5.74) is 1.01. The average molecular weight is 277 g/mol. The molecule has 0 radical (unpaired) electrons. The van der Waals surface area contributed by atoms with Crippen LogP contribution in [0, 0.1) is 5.92 Å². The topological polar surface area (TPSA) is 32.7 Å². The lowest BCUT2D eigenvalue weighted by Crippen LogP contribution is -2.50. The van der Waals surface area contributed by atoms with Gasteiger partial charge in [-0.25, -0.2) is 0 Å². The molecule has 0 bridgehead atoms. The Labute approximate surface area is 122 Å². The van der Waals surface area contributed by atoms with E-state index in [2.05, 4.69) is 18.7 Å². The molecule has 0 aliphatic carbocycles. The van der Waals surface area contributed by atoms with E-state index >= 15 is 0 Å². The average Bonchev–Trinajstić information content (AvgIpc) is 2.50. The van der Waals surface area contributed by atoms with Crippen molar-refractivity contribution in [2.75, 3.05) is 20.2 Å².